The van der Waals surface area contributed by atoms with Crippen LogP contribution in [0.4, 0.5) is 0 Å². The van der Waals surface area contributed by atoms with Crippen LogP contribution in [0.1, 0.15) is 51.4 Å². The maximum absolute atomic E-state index is 4.93. The van der Waals surface area contributed by atoms with Crippen molar-refractivity contribution in [3.05, 3.63) is 62.2 Å². The fourth-order valence-electron chi connectivity index (χ4n) is 3.23. The molecule has 21 heavy (non-hydrogen) atoms. The Morgan fingerprint density at radius 1 is 0.571 bits per heavy atom. The van der Waals surface area contributed by atoms with Crippen LogP contribution in [0.5, 0.6) is 0 Å². The minimum atomic E-state index is -0.826. The minimum absolute atomic E-state index is 0.826. The molecule has 0 aliphatic heterocycles. The second-order valence-corrected chi connectivity index (χ2v) is 9.37. The van der Waals surface area contributed by atoms with Crippen LogP contribution < -0.4 is 0 Å². The van der Waals surface area contributed by atoms with Crippen LogP contribution in [0.15, 0.2) is 0 Å². The van der Waals surface area contributed by atoms with Crippen molar-refractivity contribution in [1.29, 1.82) is 0 Å². The molecule has 0 heterocycles. The van der Waals surface area contributed by atoms with Gasteiger partial charge in [-0.2, -0.15) is 0 Å². The summed E-state index contributed by atoms with van der Waals surface area (Å²) in [6, 6.07) is 0. The predicted octanol–water partition coefficient (Wildman–Crippen LogP) is 6.05. The van der Waals surface area contributed by atoms with Crippen LogP contribution >= 0.6 is 17.0 Å². The first-order chi connectivity index (χ1) is 10.3. The van der Waals surface area contributed by atoms with Crippen LogP contribution in [0.2, 0.25) is 0 Å². The van der Waals surface area contributed by atoms with Crippen molar-refractivity contribution in [3.63, 3.8) is 0 Å². The zero-order chi connectivity index (χ0) is 14.9. The summed E-state index contributed by atoms with van der Waals surface area (Å²) in [5.74, 6) is 6.39. The van der Waals surface area contributed by atoms with E-state index in [2.05, 4.69) is 38.5 Å². The molecule has 0 spiro atoms. The molecule has 0 aromatic rings. The van der Waals surface area contributed by atoms with Crippen LogP contribution in [0, 0.1) is 62.2 Å². The SMILES string of the molecule is [CH]1[CH][C]2CCCC[C]2[CH]1.[CH]1[CH][C]2CCCC[C]2[CH]1.[Cl][Zr+2][Cl]. The van der Waals surface area contributed by atoms with Gasteiger partial charge in [0.05, 0.1) is 0 Å². The fourth-order valence-corrected chi connectivity index (χ4v) is 3.23. The Labute approximate surface area is 150 Å². The van der Waals surface area contributed by atoms with Crippen molar-refractivity contribution in [2.75, 3.05) is 0 Å². The van der Waals surface area contributed by atoms with Gasteiger partial charge in [-0.25, -0.2) is 0 Å². The van der Waals surface area contributed by atoms with Gasteiger partial charge in [-0.15, -0.1) is 0 Å². The quantitative estimate of drug-likeness (QED) is 0.464. The molecule has 3 heteroatoms. The van der Waals surface area contributed by atoms with E-state index in [1.807, 2.05) is 0 Å². The molecule has 0 aromatic heterocycles. The van der Waals surface area contributed by atoms with Gasteiger partial charge in [-0.05, 0) is 87.9 Å². The topological polar surface area (TPSA) is 0 Å². The van der Waals surface area contributed by atoms with Crippen molar-refractivity contribution in [2.24, 2.45) is 0 Å². The fraction of sp³-hybridized carbons (Fsp3) is 0.444. The Morgan fingerprint density at radius 2 is 0.810 bits per heavy atom. The van der Waals surface area contributed by atoms with Crippen molar-refractivity contribution in [2.45, 2.75) is 51.4 Å². The molecule has 10 radical (unpaired) electrons. The monoisotopic (exact) mass is 398 g/mol. The van der Waals surface area contributed by atoms with E-state index in [-0.39, 0.29) is 0 Å². The van der Waals surface area contributed by atoms with Gasteiger partial charge in [-0.1, -0.05) is 25.7 Å². The summed E-state index contributed by atoms with van der Waals surface area (Å²) in [6.07, 6.45) is 24.3. The van der Waals surface area contributed by atoms with Gasteiger partial charge in [0.15, 0.2) is 0 Å². The van der Waals surface area contributed by atoms with Gasteiger partial charge >= 0.3 is 37.9 Å². The summed E-state index contributed by atoms with van der Waals surface area (Å²) in [5, 5.41) is 0. The Bertz CT molecular complexity index is 222. The molecule has 0 N–H and O–H groups in total. The van der Waals surface area contributed by atoms with E-state index < -0.39 is 20.8 Å². The van der Waals surface area contributed by atoms with E-state index in [0.717, 1.165) is 0 Å². The Hall–Kier alpha value is 1.46. The van der Waals surface area contributed by atoms with E-state index in [9.17, 15) is 0 Å². The molecular weight excluding hydrogens is 378 g/mol. The average molecular weight is 401 g/mol. The molecule has 0 aromatic carbocycles. The third kappa shape index (κ3) is 6.46. The molecule has 0 amide bonds. The van der Waals surface area contributed by atoms with Crippen molar-refractivity contribution in [1.82, 2.24) is 0 Å². The number of hydrogen-bond donors (Lipinski definition) is 0. The molecule has 4 aliphatic carbocycles. The van der Waals surface area contributed by atoms with Crippen molar-refractivity contribution >= 4 is 17.0 Å². The Morgan fingerprint density at radius 3 is 1.05 bits per heavy atom. The second-order valence-electron chi connectivity index (χ2n) is 5.64. The predicted molar refractivity (Wildman–Crippen MR) is 87.4 cm³/mol. The summed E-state index contributed by atoms with van der Waals surface area (Å²) in [5.41, 5.74) is 0. The second kappa shape index (κ2) is 11.1. The number of hydrogen-bond acceptors (Lipinski definition) is 0. The molecule has 4 fully saturated rings. The summed E-state index contributed by atoms with van der Waals surface area (Å²) < 4.78 is 0. The molecule has 4 saturated carbocycles. The van der Waals surface area contributed by atoms with Gasteiger partial charge in [-0.3, -0.25) is 0 Å². The van der Waals surface area contributed by atoms with Gasteiger partial charge in [0.25, 0.3) is 0 Å². The van der Waals surface area contributed by atoms with Crippen molar-refractivity contribution in [3.8, 4) is 0 Å². The molecule has 4 aliphatic rings. The molecular formula is C18H22Cl2Zr+2. The Kier molecular flexibility index (Phi) is 9.93. The molecule has 0 bridgehead atoms. The molecule has 0 nitrogen and oxygen atoms in total. The van der Waals surface area contributed by atoms with E-state index in [1.165, 1.54) is 51.4 Å². The summed E-state index contributed by atoms with van der Waals surface area (Å²) >= 11 is -0.826. The van der Waals surface area contributed by atoms with Gasteiger partial charge in [0.2, 0.25) is 0 Å². The average Bonchev–Trinajstić information content (AvgIpc) is 3.17. The molecule has 0 unspecified atom stereocenters. The van der Waals surface area contributed by atoms with Crippen LogP contribution in [0.3, 0.4) is 0 Å². The van der Waals surface area contributed by atoms with Gasteiger partial charge < -0.3 is 0 Å². The Balaban J connectivity index is 0.000000130. The van der Waals surface area contributed by atoms with E-state index in [0.29, 0.717) is 0 Å². The van der Waals surface area contributed by atoms with Crippen LogP contribution in [-0.4, -0.2) is 0 Å². The zero-order valence-electron chi connectivity index (χ0n) is 12.4. The van der Waals surface area contributed by atoms with Crippen molar-refractivity contribution < 1.29 is 20.8 Å². The molecule has 0 atom stereocenters. The third-order valence-electron chi connectivity index (χ3n) is 4.30. The zero-order valence-corrected chi connectivity index (χ0v) is 16.3. The number of rotatable bonds is 0. The number of halogens is 2. The standard InChI is InChI=1S/2C9H11.2ClH.Zr/c2*1-2-5-9-7-3-6-8(9)4-1;;;/h2*3,6-7H,1-2,4-5H2;2*1H;/q;;;;+4/p-2. The maximum atomic E-state index is 4.93. The van der Waals surface area contributed by atoms with E-state index >= 15 is 0 Å². The third-order valence-corrected chi connectivity index (χ3v) is 4.30. The first-order valence-electron chi connectivity index (χ1n) is 7.78. The molecule has 0 saturated heterocycles. The molecule has 110 valence electrons. The summed E-state index contributed by atoms with van der Waals surface area (Å²) in [4.78, 5) is 0. The van der Waals surface area contributed by atoms with Gasteiger partial charge in [0.1, 0.15) is 0 Å². The van der Waals surface area contributed by atoms with Crippen LogP contribution in [-0.2, 0) is 20.8 Å². The summed E-state index contributed by atoms with van der Waals surface area (Å²) in [6.45, 7) is 0. The van der Waals surface area contributed by atoms with Gasteiger partial charge in [0, 0.05) is 0 Å². The summed E-state index contributed by atoms with van der Waals surface area (Å²) in [7, 11) is 9.87. The first kappa shape index (κ1) is 18.8. The van der Waals surface area contributed by atoms with E-state index in [1.54, 1.807) is 23.7 Å². The first-order valence-corrected chi connectivity index (χ1v) is 14.1. The number of fused-ring (bicyclic) bond motifs is 2. The van der Waals surface area contributed by atoms with E-state index in [4.69, 9.17) is 17.0 Å². The normalized spacial score (nSPS) is 26.8. The molecule has 4 rings (SSSR count). The van der Waals surface area contributed by atoms with Crippen LogP contribution in [0.25, 0.3) is 0 Å².